The molecule has 4 N–H and O–H groups in total. The minimum Gasteiger partial charge on any atom is -0.505 e. The first kappa shape index (κ1) is 17.6. The molecule has 0 heterocycles. The second-order valence-electron chi connectivity index (χ2n) is 4.71. The number of rotatable bonds is 5. The molecule has 1 atom stereocenters. The standard InChI is InChI=1S/C15H14Cl2N2O3S/c16-12-7-11(8-13(17)15(12)21)23(22)5-4-14(20)19-10-3-1-2-9(18)6-10/h1-3,6-8,21H,4-5,18H2,(H,19,20). The zero-order chi connectivity index (χ0) is 17.0. The van der Waals surface area contributed by atoms with Crippen LogP contribution in [0.3, 0.4) is 0 Å². The van der Waals surface area contributed by atoms with E-state index in [1.54, 1.807) is 24.3 Å². The second kappa shape index (κ2) is 7.68. The van der Waals surface area contributed by atoms with Crippen LogP contribution in [-0.2, 0) is 15.6 Å². The summed E-state index contributed by atoms with van der Waals surface area (Å²) < 4.78 is 12.2. The van der Waals surface area contributed by atoms with E-state index in [1.807, 2.05) is 0 Å². The first-order valence-corrected chi connectivity index (χ1v) is 8.66. The number of anilines is 2. The predicted octanol–water partition coefficient (Wildman–Crippen LogP) is 3.42. The van der Waals surface area contributed by atoms with Crippen LogP contribution in [0.25, 0.3) is 0 Å². The Hall–Kier alpha value is -1.76. The molecule has 0 aromatic heterocycles. The van der Waals surface area contributed by atoms with E-state index in [1.165, 1.54) is 12.1 Å². The molecule has 0 spiro atoms. The molecule has 2 aromatic carbocycles. The third kappa shape index (κ3) is 4.86. The van der Waals surface area contributed by atoms with Gasteiger partial charge in [0.1, 0.15) is 0 Å². The normalized spacial score (nSPS) is 11.9. The Bertz CT molecular complexity index is 745. The molecule has 0 fully saturated rings. The van der Waals surface area contributed by atoms with Crippen molar-refractivity contribution >= 4 is 51.3 Å². The van der Waals surface area contributed by atoms with Gasteiger partial charge in [-0.05, 0) is 30.3 Å². The summed E-state index contributed by atoms with van der Waals surface area (Å²) in [5, 5.41) is 12.2. The quantitative estimate of drug-likeness (QED) is 0.701. The highest BCUT2D eigenvalue weighted by Crippen LogP contribution is 2.33. The van der Waals surface area contributed by atoms with Crippen molar-refractivity contribution in [2.75, 3.05) is 16.8 Å². The summed E-state index contributed by atoms with van der Waals surface area (Å²) in [6.07, 6.45) is 0.0531. The highest BCUT2D eigenvalue weighted by molar-refractivity contribution is 7.85. The lowest BCUT2D eigenvalue weighted by Gasteiger charge is -2.07. The molecule has 5 nitrogen and oxygen atoms in total. The minimum absolute atomic E-state index is 0.0186. The summed E-state index contributed by atoms with van der Waals surface area (Å²) in [6.45, 7) is 0. The summed E-state index contributed by atoms with van der Waals surface area (Å²) in [7, 11) is -1.46. The van der Waals surface area contributed by atoms with E-state index in [9.17, 15) is 14.1 Å². The van der Waals surface area contributed by atoms with Crippen LogP contribution < -0.4 is 11.1 Å². The Kier molecular flexibility index (Phi) is 5.87. The fourth-order valence-electron chi connectivity index (χ4n) is 1.82. The van der Waals surface area contributed by atoms with E-state index in [4.69, 9.17) is 28.9 Å². The van der Waals surface area contributed by atoms with Crippen LogP contribution in [0.4, 0.5) is 11.4 Å². The zero-order valence-electron chi connectivity index (χ0n) is 11.9. The number of carbonyl (C=O) groups is 1. The van der Waals surface area contributed by atoms with Crippen molar-refractivity contribution in [2.45, 2.75) is 11.3 Å². The maximum Gasteiger partial charge on any atom is 0.225 e. The molecular weight excluding hydrogens is 359 g/mol. The van der Waals surface area contributed by atoms with Crippen molar-refractivity contribution in [2.24, 2.45) is 0 Å². The van der Waals surface area contributed by atoms with Gasteiger partial charge in [0.25, 0.3) is 0 Å². The number of amides is 1. The molecule has 0 saturated heterocycles. The minimum atomic E-state index is -1.46. The summed E-state index contributed by atoms with van der Waals surface area (Å²) in [5.41, 5.74) is 6.75. The number of hydrogen-bond acceptors (Lipinski definition) is 4. The average molecular weight is 373 g/mol. The highest BCUT2D eigenvalue weighted by atomic mass is 35.5. The summed E-state index contributed by atoms with van der Waals surface area (Å²) in [4.78, 5) is 12.2. The maximum absolute atomic E-state index is 12.2. The first-order valence-electron chi connectivity index (χ1n) is 6.58. The molecule has 2 rings (SSSR count). The van der Waals surface area contributed by atoms with Crippen molar-refractivity contribution < 1.29 is 14.1 Å². The van der Waals surface area contributed by atoms with Gasteiger partial charge in [0.2, 0.25) is 5.91 Å². The maximum atomic E-state index is 12.2. The Balaban J connectivity index is 1.95. The zero-order valence-corrected chi connectivity index (χ0v) is 14.2. The van der Waals surface area contributed by atoms with E-state index in [-0.39, 0.29) is 33.9 Å². The molecule has 0 aliphatic rings. The van der Waals surface area contributed by atoms with Gasteiger partial charge in [-0.2, -0.15) is 0 Å². The van der Waals surface area contributed by atoms with E-state index in [0.29, 0.717) is 16.3 Å². The summed E-state index contributed by atoms with van der Waals surface area (Å²) in [6, 6.07) is 9.52. The van der Waals surface area contributed by atoms with Crippen molar-refractivity contribution in [3.8, 4) is 5.75 Å². The SMILES string of the molecule is Nc1cccc(NC(=O)CCS(=O)c2cc(Cl)c(O)c(Cl)c2)c1. The van der Waals surface area contributed by atoms with Crippen LogP contribution in [0.1, 0.15) is 6.42 Å². The van der Waals surface area contributed by atoms with Gasteiger partial charge >= 0.3 is 0 Å². The summed E-state index contributed by atoms with van der Waals surface area (Å²) >= 11 is 11.6. The Morgan fingerprint density at radius 1 is 1.22 bits per heavy atom. The molecule has 0 bridgehead atoms. The average Bonchev–Trinajstić information content (AvgIpc) is 2.49. The number of carbonyl (C=O) groups excluding carboxylic acids is 1. The molecule has 0 saturated carbocycles. The Morgan fingerprint density at radius 2 is 1.87 bits per heavy atom. The first-order chi connectivity index (χ1) is 10.9. The number of nitrogen functional groups attached to an aromatic ring is 1. The van der Waals surface area contributed by atoms with Crippen molar-refractivity contribution in [3.63, 3.8) is 0 Å². The largest absolute Gasteiger partial charge is 0.505 e. The number of benzene rings is 2. The number of phenols is 1. The molecular formula is C15H14Cl2N2O3S. The molecule has 0 aliphatic carbocycles. The monoisotopic (exact) mass is 372 g/mol. The van der Waals surface area contributed by atoms with Gasteiger partial charge in [-0.25, -0.2) is 0 Å². The lowest BCUT2D eigenvalue weighted by atomic mass is 10.3. The molecule has 2 aromatic rings. The van der Waals surface area contributed by atoms with Gasteiger partial charge in [-0.3, -0.25) is 9.00 Å². The van der Waals surface area contributed by atoms with Crippen LogP contribution >= 0.6 is 23.2 Å². The molecule has 1 amide bonds. The van der Waals surface area contributed by atoms with Gasteiger partial charge in [-0.15, -0.1) is 0 Å². The second-order valence-corrected chi connectivity index (χ2v) is 7.09. The molecule has 122 valence electrons. The summed E-state index contributed by atoms with van der Waals surface area (Å²) in [5.74, 6) is -0.431. The van der Waals surface area contributed by atoms with Gasteiger partial charge in [0.15, 0.2) is 5.75 Å². The van der Waals surface area contributed by atoms with Gasteiger partial charge in [0.05, 0.1) is 20.8 Å². The smallest absolute Gasteiger partial charge is 0.225 e. The topological polar surface area (TPSA) is 92.4 Å². The van der Waals surface area contributed by atoms with Crippen LogP contribution in [-0.4, -0.2) is 21.0 Å². The van der Waals surface area contributed by atoms with Gasteiger partial charge < -0.3 is 16.2 Å². The Labute approximate surface area is 145 Å². The van der Waals surface area contributed by atoms with E-state index in [0.717, 1.165) is 0 Å². The fourth-order valence-corrected chi connectivity index (χ4v) is 3.54. The molecule has 23 heavy (non-hydrogen) atoms. The number of hydrogen-bond donors (Lipinski definition) is 3. The molecule has 1 unspecified atom stereocenters. The fraction of sp³-hybridized carbons (Fsp3) is 0.133. The predicted molar refractivity (Wildman–Crippen MR) is 93.5 cm³/mol. The number of phenolic OH excluding ortho intramolecular Hbond substituents is 1. The molecule has 0 radical (unpaired) electrons. The lowest BCUT2D eigenvalue weighted by Crippen LogP contribution is -2.15. The number of nitrogens with two attached hydrogens (primary N) is 1. The van der Waals surface area contributed by atoms with Crippen LogP contribution in [0.15, 0.2) is 41.3 Å². The molecule has 0 aliphatic heterocycles. The van der Waals surface area contributed by atoms with E-state index >= 15 is 0 Å². The van der Waals surface area contributed by atoms with Crippen molar-refractivity contribution in [1.29, 1.82) is 0 Å². The molecule has 8 heteroatoms. The lowest BCUT2D eigenvalue weighted by molar-refractivity contribution is -0.115. The van der Waals surface area contributed by atoms with Crippen LogP contribution in [0, 0.1) is 0 Å². The van der Waals surface area contributed by atoms with E-state index < -0.39 is 10.8 Å². The number of halogens is 2. The van der Waals surface area contributed by atoms with Crippen molar-refractivity contribution in [3.05, 3.63) is 46.4 Å². The van der Waals surface area contributed by atoms with Crippen LogP contribution in [0.5, 0.6) is 5.75 Å². The number of aromatic hydroxyl groups is 1. The Morgan fingerprint density at radius 3 is 2.48 bits per heavy atom. The van der Waals surface area contributed by atoms with Crippen LogP contribution in [0.2, 0.25) is 10.0 Å². The van der Waals surface area contributed by atoms with Gasteiger partial charge in [-0.1, -0.05) is 29.3 Å². The third-order valence-electron chi connectivity index (χ3n) is 2.94. The van der Waals surface area contributed by atoms with E-state index in [2.05, 4.69) is 5.32 Å². The highest BCUT2D eigenvalue weighted by Gasteiger charge is 2.13. The van der Waals surface area contributed by atoms with Gasteiger partial charge in [0, 0.05) is 28.4 Å². The van der Waals surface area contributed by atoms with Crippen molar-refractivity contribution in [1.82, 2.24) is 0 Å². The number of nitrogens with one attached hydrogen (secondary N) is 1. The third-order valence-corrected chi connectivity index (χ3v) is 4.85.